The maximum atomic E-state index is 11.4. The van der Waals surface area contributed by atoms with Gasteiger partial charge in [0, 0.05) is 23.6 Å². The fraction of sp³-hybridized carbons (Fsp3) is 0.312. The molecule has 2 heterocycles. The van der Waals surface area contributed by atoms with E-state index in [2.05, 4.69) is 44.1 Å². The standard InChI is InChI=1S/C16H15BrN2O2/c1-19-7-8(16(20)21)5-10-9-3-2-4-12-13(9)11(6-18-12)14(17)15(10)19/h2-6,8,14-15,18H,7H2,1H3,(H,20,21)/t8-,14?,15+/m1/s1. The van der Waals surface area contributed by atoms with Crippen LogP contribution in [0.5, 0.6) is 0 Å². The second-order valence-electron chi connectivity index (χ2n) is 5.83. The number of carboxylic acid groups (broad SMARTS) is 1. The number of hydrogen-bond donors (Lipinski definition) is 2. The Balaban J connectivity index is 2.00. The molecule has 0 fully saturated rings. The molecule has 1 aromatic heterocycles. The summed E-state index contributed by atoms with van der Waals surface area (Å²) < 4.78 is 0. The summed E-state index contributed by atoms with van der Waals surface area (Å²) in [5.41, 5.74) is 4.63. The van der Waals surface area contributed by atoms with Gasteiger partial charge >= 0.3 is 5.97 Å². The van der Waals surface area contributed by atoms with Crippen LogP contribution in [0.4, 0.5) is 0 Å². The third kappa shape index (κ3) is 1.74. The smallest absolute Gasteiger partial charge is 0.311 e. The topological polar surface area (TPSA) is 56.3 Å². The molecule has 4 rings (SSSR count). The van der Waals surface area contributed by atoms with Gasteiger partial charge in [-0.2, -0.15) is 0 Å². The number of likely N-dealkylation sites (N-methyl/N-ethyl adjacent to an activating group) is 1. The summed E-state index contributed by atoms with van der Waals surface area (Å²) in [7, 11) is 2.00. The molecule has 2 N–H and O–H groups in total. The highest BCUT2D eigenvalue weighted by molar-refractivity contribution is 9.09. The van der Waals surface area contributed by atoms with Crippen LogP contribution in [-0.4, -0.2) is 40.6 Å². The molecule has 2 aromatic rings. The fourth-order valence-corrected chi connectivity index (χ4v) is 4.70. The summed E-state index contributed by atoms with van der Waals surface area (Å²) in [6.07, 6.45) is 3.99. The van der Waals surface area contributed by atoms with Crippen molar-refractivity contribution >= 4 is 38.4 Å². The van der Waals surface area contributed by atoms with Crippen molar-refractivity contribution in [2.45, 2.75) is 10.9 Å². The average molecular weight is 347 g/mol. The molecule has 0 radical (unpaired) electrons. The Bertz CT molecular complexity index is 780. The molecule has 21 heavy (non-hydrogen) atoms. The van der Waals surface area contributed by atoms with E-state index in [4.69, 9.17) is 0 Å². The van der Waals surface area contributed by atoms with Gasteiger partial charge in [-0.25, -0.2) is 0 Å². The third-order valence-electron chi connectivity index (χ3n) is 4.60. The second-order valence-corrected chi connectivity index (χ2v) is 6.81. The van der Waals surface area contributed by atoms with Gasteiger partial charge in [0.2, 0.25) is 0 Å². The summed E-state index contributed by atoms with van der Waals surface area (Å²) in [5, 5.41) is 10.6. The molecule has 2 aliphatic rings. The highest BCUT2D eigenvalue weighted by atomic mass is 79.9. The number of aromatic amines is 1. The van der Waals surface area contributed by atoms with Crippen LogP contribution in [0.15, 0.2) is 30.5 Å². The lowest BCUT2D eigenvalue weighted by Crippen LogP contribution is -2.45. The highest BCUT2D eigenvalue weighted by Gasteiger charge is 2.40. The van der Waals surface area contributed by atoms with E-state index < -0.39 is 11.9 Å². The van der Waals surface area contributed by atoms with Crippen molar-refractivity contribution in [2.24, 2.45) is 5.92 Å². The third-order valence-corrected chi connectivity index (χ3v) is 5.59. The minimum Gasteiger partial charge on any atom is -0.481 e. The molecule has 5 heteroatoms. The van der Waals surface area contributed by atoms with Crippen molar-refractivity contribution in [3.05, 3.63) is 41.6 Å². The summed E-state index contributed by atoms with van der Waals surface area (Å²) in [5.74, 6) is -1.21. The molecule has 4 nitrogen and oxygen atoms in total. The van der Waals surface area contributed by atoms with Gasteiger partial charge in [-0.05, 0) is 29.8 Å². The van der Waals surface area contributed by atoms with Crippen molar-refractivity contribution in [1.29, 1.82) is 0 Å². The lowest BCUT2D eigenvalue weighted by Gasteiger charge is -2.41. The van der Waals surface area contributed by atoms with Gasteiger partial charge in [-0.15, -0.1) is 0 Å². The summed E-state index contributed by atoms with van der Waals surface area (Å²) >= 11 is 3.82. The van der Waals surface area contributed by atoms with E-state index in [-0.39, 0.29) is 10.9 Å². The first kappa shape index (κ1) is 13.1. The number of H-pyrrole nitrogens is 1. The number of aliphatic carboxylic acids is 1. The number of fused-ring (bicyclic) bond motifs is 2. The molecule has 0 saturated carbocycles. The summed E-state index contributed by atoms with van der Waals surface area (Å²) in [6.45, 7) is 0.543. The largest absolute Gasteiger partial charge is 0.481 e. The van der Waals surface area contributed by atoms with E-state index in [1.165, 1.54) is 10.9 Å². The number of nitrogens with zero attached hydrogens (tertiary/aromatic N) is 1. The summed E-state index contributed by atoms with van der Waals surface area (Å²) in [6, 6.07) is 6.35. The lowest BCUT2D eigenvalue weighted by molar-refractivity contribution is -0.140. The quantitative estimate of drug-likeness (QED) is 0.780. The van der Waals surface area contributed by atoms with Gasteiger partial charge in [0.15, 0.2) is 0 Å². The zero-order chi connectivity index (χ0) is 14.7. The molecule has 108 valence electrons. The lowest BCUT2D eigenvalue weighted by atomic mass is 9.80. The number of benzene rings is 1. The SMILES string of the molecule is CN1C[C@H](C(=O)O)C=C2c3cccc4[nH]cc(c34)C(Br)[C@H]21. The number of nitrogens with one attached hydrogen (secondary N) is 1. The van der Waals surface area contributed by atoms with Crippen LogP contribution in [-0.2, 0) is 4.79 Å². The van der Waals surface area contributed by atoms with Crippen molar-refractivity contribution in [2.75, 3.05) is 13.6 Å². The Morgan fingerprint density at radius 2 is 2.29 bits per heavy atom. The minimum atomic E-state index is -0.758. The Kier molecular flexibility index (Phi) is 2.78. The van der Waals surface area contributed by atoms with Crippen molar-refractivity contribution < 1.29 is 9.90 Å². The van der Waals surface area contributed by atoms with Gasteiger partial charge in [-0.1, -0.05) is 34.1 Å². The molecule has 1 aliphatic heterocycles. The van der Waals surface area contributed by atoms with Crippen LogP contribution in [0.25, 0.3) is 16.5 Å². The predicted octanol–water partition coefficient (Wildman–Crippen LogP) is 3.02. The first-order valence-corrected chi connectivity index (χ1v) is 7.88. The van der Waals surface area contributed by atoms with Crippen molar-refractivity contribution in [1.82, 2.24) is 9.88 Å². The molecule has 0 bridgehead atoms. The molecule has 1 unspecified atom stereocenters. The van der Waals surface area contributed by atoms with Crippen LogP contribution in [0, 0.1) is 5.92 Å². The molecular weight excluding hydrogens is 332 g/mol. The Hall–Kier alpha value is -1.59. The second kappa shape index (κ2) is 4.45. The van der Waals surface area contributed by atoms with E-state index in [0.717, 1.165) is 16.7 Å². The number of rotatable bonds is 1. The normalized spacial score (nSPS) is 28.3. The maximum absolute atomic E-state index is 11.4. The number of carbonyl (C=O) groups is 1. The number of aromatic nitrogens is 1. The molecule has 0 spiro atoms. The van der Waals surface area contributed by atoms with E-state index in [1.807, 2.05) is 19.2 Å². The molecule has 0 amide bonds. The Labute approximate surface area is 130 Å². The van der Waals surface area contributed by atoms with Crippen LogP contribution in [0.2, 0.25) is 0 Å². The highest BCUT2D eigenvalue weighted by Crippen LogP contribution is 2.49. The van der Waals surface area contributed by atoms with Crippen LogP contribution in [0.1, 0.15) is 16.0 Å². The van der Waals surface area contributed by atoms with Crippen LogP contribution in [0.3, 0.4) is 0 Å². The molecule has 1 aliphatic carbocycles. The van der Waals surface area contributed by atoms with Gasteiger partial charge in [-0.3, -0.25) is 9.69 Å². The Morgan fingerprint density at radius 1 is 1.48 bits per heavy atom. The van der Waals surface area contributed by atoms with Crippen molar-refractivity contribution in [3.8, 4) is 0 Å². The zero-order valence-electron chi connectivity index (χ0n) is 11.5. The average Bonchev–Trinajstić information content (AvgIpc) is 2.89. The van der Waals surface area contributed by atoms with E-state index >= 15 is 0 Å². The first-order valence-electron chi connectivity index (χ1n) is 6.97. The van der Waals surface area contributed by atoms with Gasteiger partial charge in [0.05, 0.1) is 16.8 Å². The summed E-state index contributed by atoms with van der Waals surface area (Å²) in [4.78, 5) is 17.0. The van der Waals surface area contributed by atoms with E-state index in [9.17, 15) is 9.90 Å². The number of carboxylic acids is 1. The minimum absolute atomic E-state index is 0.173. The maximum Gasteiger partial charge on any atom is 0.311 e. The number of hydrogen-bond acceptors (Lipinski definition) is 2. The fourth-order valence-electron chi connectivity index (χ4n) is 3.65. The van der Waals surface area contributed by atoms with E-state index in [1.54, 1.807) is 0 Å². The molecule has 1 aromatic carbocycles. The van der Waals surface area contributed by atoms with Crippen LogP contribution >= 0.6 is 15.9 Å². The zero-order valence-corrected chi connectivity index (χ0v) is 13.1. The number of alkyl halides is 1. The monoisotopic (exact) mass is 346 g/mol. The van der Waals surface area contributed by atoms with Crippen LogP contribution < -0.4 is 0 Å². The Morgan fingerprint density at radius 3 is 3.05 bits per heavy atom. The number of halogens is 1. The van der Waals surface area contributed by atoms with Gasteiger partial charge in [0.25, 0.3) is 0 Å². The van der Waals surface area contributed by atoms with Crippen molar-refractivity contribution in [3.63, 3.8) is 0 Å². The molecule has 3 atom stereocenters. The molecule has 0 saturated heterocycles. The first-order chi connectivity index (χ1) is 10.1. The van der Waals surface area contributed by atoms with E-state index in [0.29, 0.717) is 6.54 Å². The van der Waals surface area contributed by atoms with Gasteiger partial charge in [0.1, 0.15) is 0 Å². The predicted molar refractivity (Wildman–Crippen MR) is 85.5 cm³/mol. The van der Waals surface area contributed by atoms with Gasteiger partial charge < -0.3 is 10.1 Å². The molecular formula is C16H15BrN2O2.